The van der Waals surface area contributed by atoms with Crippen molar-refractivity contribution in [3.05, 3.63) is 0 Å². The largest absolute Gasteiger partial charge is 0.353 e. The van der Waals surface area contributed by atoms with Crippen LogP contribution in [0.2, 0.25) is 0 Å². The van der Waals surface area contributed by atoms with Gasteiger partial charge >= 0.3 is 0 Å². The molecule has 2 amide bonds. The molecule has 1 rings (SSSR count). The summed E-state index contributed by atoms with van der Waals surface area (Å²) in [7, 11) is 0. The molecule has 0 bridgehead atoms. The van der Waals surface area contributed by atoms with Crippen LogP contribution in [0.5, 0.6) is 0 Å². The molecule has 0 aromatic rings. The third-order valence-corrected chi connectivity index (χ3v) is 4.34. The summed E-state index contributed by atoms with van der Waals surface area (Å²) in [4.78, 5) is 25.3. The van der Waals surface area contributed by atoms with Crippen LogP contribution < -0.4 is 16.4 Å². The molecule has 6 heteroatoms. The normalized spacial score (nSPS) is 17.0. The number of nitrogens with one attached hydrogen (secondary N) is 2. The molecule has 1 saturated heterocycles. The smallest absolute Gasteiger partial charge is 0.239 e. The van der Waals surface area contributed by atoms with E-state index in [2.05, 4.69) is 29.4 Å². The molecule has 0 spiro atoms. The molecule has 1 heterocycles. The maximum Gasteiger partial charge on any atom is 0.239 e. The van der Waals surface area contributed by atoms with Gasteiger partial charge in [-0.3, -0.25) is 14.5 Å². The molecule has 1 atom stereocenters. The molecule has 122 valence electrons. The molecule has 0 aromatic heterocycles. The summed E-state index contributed by atoms with van der Waals surface area (Å²) in [6.45, 7) is 7.25. The fourth-order valence-corrected chi connectivity index (χ4v) is 3.03. The van der Waals surface area contributed by atoms with Gasteiger partial charge in [0.2, 0.25) is 11.8 Å². The SMILES string of the molecule is CCC(CC)C(CNC(=O)CNC(=O)CN)N1CCCC1. The highest BCUT2D eigenvalue weighted by atomic mass is 16.2. The number of carbonyl (C=O) groups excluding carboxylic acids is 2. The van der Waals surface area contributed by atoms with Crippen LogP contribution in [0.1, 0.15) is 39.5 Å². The van der Waals surface area contributed by atoms with Crippen molar-refractivity contribution < 1.29 is 9.59 Å². The number of nitrogens with two attached hydrogens (primary N) is 1. The quantitative estimate of drug-likeness (QED) is 0.562. The van der Waals surface area contributed by atoms with Crippen molar-refractivity contribution in [2.24, 2.45) is 11.7 Å². The third-order valence-electron chi connectivity index (χ3n) is 4.34. The highest BCUT2D eigenvalue weighted by Gasteiger charge is 2.27. The molecular weight excluding hydrogens is 268 g/mol. The van der Waals surface area contributed by atoms with Crippen molar-refractivity contribution in [3.8, 4) is 0 Å². The number of hydrogen-bond donors (Lipinski definition) is 3. The van der Waals surface area contributed by atoms with Gasteiger partial charge in [0.25, 0.3) is 0 Å². The van der Waals surface area contributed by atoms with Crippen molar-refractivity contribution in [1.29, 1.82) is 0 Å². The van der Waals surface area contributed by atoms with E-state index >= 15 is 0 Å². The minimum atomic E-state index is -0.304. The van der Waals surface area contributed by atoms with Gasteiger partial charge in [-0.2, -0.15) is 0 Å². The minimum absolute atomic E-state index is 0.00562. The lowest BCUT2D eigenvalue weighted by Gasteiger charge is -2.33. The monoisotopic (exact) mass is 298 g/mol. The van der Waals surface area contributed by atoms with E-state index in [1.54, 1.807) is 0 Å². The summed E-state index contributed by atoms with van der Waals surface area (Å²) in [5.74, 6) is 0.148. The Hall–Kier alpha value is -1.14. The van der Waals surface area contributed by atoms with E-state index in [-0.39, 0.29) is 24.9 Å². The zero-order valence-electron chi connectivity index (χ0n) is 13.4. The van der Waals surface area contributed by atoms with Crippen molar-refractivity contribution in [2.45, 2.75) is 45.6 Å². The number of nitrogens with zero attached hydrogens (tertiary/aromatic N) is 1. The first-order chi connectivity index (χ1) is 10.1. The minimum Gasteiger partial charge on any atom is -0.353 e. The van der Waals surface area contributed by atoms with Gasteiger partial charge in [0.1, 0.15) is 0 Å². The Labute approximate surface area is 127 Å². The van der Waals surface area contributed by atoms with Crippen LogP contribution in [-0.4, -0.2) is 55.5 Å². The molecule has 0 radical (unpaired) electrons. The number of amides is 2. The summed E-state index contributed by atoms with van der Waals surface area (Å²) in [5, 5.41) is 5.45. The van der Waals surface area contributed by atoms with E-state index in [1.165, 1.54) is 12.8 Å². The first-order valence-electron chi connectivity index (χ1n) is 8.09. The van der Waals surface area contributed by atoms with Gasteiger partial charge in [0, 0.05) is 12.6 Å². The van der Waals surface area contributed by atoms with Crippen LogP contribution >= 0.6 is 0 Å². The topological polar surface area (TPSA) is 87.5 Å². The number of rotatable bonds is 9. The van der Waals surface area contributed by atoms with Gasteiger partial charge in [0.05, 0.1) is 13.1 Å². The molecule has 0 saturated carbocycles. The predicted octanol–water partition coefficient (Wildman–Crippen LogP) is 0.0781. The Morgan fingerprint density at radius 2 is 1.71 bits per heavy atom. The van der Waals surface area contributed by atoms with Crippen molar-refractivity contribution >= 4 is 11.8 Å². The lowest BCUT2D eigenvalue weighted by molar-refractivity contribution is -0.125. The lowest BCUT2D eigenvalue weighted by Crippen LogP contribution is -2.48. The van der Waals surface area contributed by atoms with E-state index in [0.29, 0.717) is 18.5 Å². The molecule has 1 aliphatic rings. The molecule has 0 aromatic carbocycles. The third kappa shape index (κ3) is 6.01. The lowest BCUT2D eigenvalue weighted by atomic mass is 9.93. The molecule has 1 unspecified atom stereocenters. The van der Waals surface area contributed by atoms with Crippen LogP contribution in [0.3, 0.4) is 0 Å². The summed E-state index contributed by atoms with van der Waals surface area (Å²) in [5.41, 5.74) is 5.19. The standard InChI is InChI=1S/C15H30N4O2/c1-3-12(4-2)13(19-7-5-6-8-19)10-17-15(21)11-18-14(20)9-16/h12-13H,3-11,16H2,1-2H3,(H,17,21)(H,18,20). The van der Waals surface area contributed by atoms with Gasteiger partial charge in [-0.05, 0) is 31.8 Å². The first-order valence-corrected chi connectivity index (χ1v) is 8.09. The van der Waals surface area contributed by atoms with Crippen LogP contribution in [0.15, 0.2) is 0 Å². The van der Waals surface area contributed by atoms with Crippen molar-refractivity contribution in [3.63, 3.8) is 0 Å². The first kappa shape index (κ1) is 17.9. The van der Waals surface area contributed by atoms with Gasteiger partial charge < -0.3 is 16.4 Å². The molecule has 6 nitrogen and oxygen atoms in total. The van der Waals surface area contributed by atoms with E-state index < -0.39 is 0 Å². The summed E-state index contributed by atoms with van der Waals surface area (Å²) >= 11 is 0. The number of likely N-dealkylation sites (tertiary alicyclic amines) is 1. The van der Waals surface area contributed by atoms with E-state index in [1.807, 2.05) is 0 Å². The maximum atomic E-state index is 11.8. The zero-order valence-corrected chi connectivity index (χ0v) is 13.4. The predicted molar refractivity (Wildman–Crippen MR) is 83.7 cm³/mol. The zero-order chi connectivity index (χ0) is 15.7. The average Bonchev–Trinajstić information content (AvgIpc) is 3.02. The van der Waals surface area contributed by atoms with Gasteiger partial charge in [0.15, 0.2) is 0 Å². The molecule has 1 aliphatic heterocycles. The Balaban J connectivity index is 2.44. The second-order valence-electron chi connectivity index (χ2n) is 5.67. The summed E-state index contributed by atoms with van der Waals surface area (Å²) < 4.78 is 0. The van der Waals surface area contributed by atoms with Crippen LogP contribution in [0, 0.1) is 5.92 Å². The fourth-order valence-electron chi connectivity index (χ4n) is 3.03. The van der Waals surface area contributed by atoms with Gasteiger partial charge in [-0.15, -0.1) is 0 Å². The van der Waals surface area contributed by atoms with E-state index in [4.69, 9.17) is 5.73 Å². The Bertz CT molecular complexity index is 324. The van der Waals surface area contributed by atoms with Crippen LogP contribution in [0.4, 0.5) is 0 Å². The summed E-state index contributed by atoms with van der Waals surface area (Å²) in [6.07, 6.45) is 4.74. The number of carbonyl (C=O) groups is 2. The Morgan fingerprint density at radius 3 is 2.24 bits per heavy atom. The molecule has 4 N–H and O–H groups in total. The highest BCUT2D eigenvalue weighted by molar-refractivity contribution is 5.85. The van der Waals surface area contributed by atoms with Gasteiger partial charge in [-0.1, -0.05) is 26.7 Å². The molecule has 1 fully saturated rings. The molecule has 21 heavy (non-hydrogen) atoms. The molecule has 0 aliphatic carbocycles. The molecular formula is C15H30N4O2. The van der Waals surface area contributed by atoms with Crippen molar-refractivity contribution in [1.82, 2.24) is 15.5 Å². The van der Waals surface area contributed by atoms with Crippen LogP contribution in [0.25, 0.3) is 0 Å². The average molecular weight is 298 g/mol. The van der Waals surface area contributed by atoms with E-state index in [9.17, 15) is 9.59 Å². The van der Waals surface area contributed by atoms with Gasteiger partial charge in [-0.25, -0.2) is 0 Å². The van der Waals surface area contributed by atoms with E-state index in [0.717, 1.165) is 25.9 Å². The maximum absolute atomic E-state index is 11.8. The second-order valence-corrected chi connectivity index (χ2v) is 5.67. The number of hydrogen-bond acceptors (Lipinski definition) is 4. The van der Waals surface area contributed by atoms with Crippen molar-refractivity contribution in [2.75, 3.05) is 32.7 Å². The summed E-state index contributed by atoms with van der Waals surface area (Å²) in [6, 6.07) is 0.400. The fraction of sp³-hybridized carbons (Fsp3) is 0.867. The Morgan fingerprint density at radius 1 is 1.10 bits per heavy atom. The van der Waals surface area contributed by atoms with Crippen LogP contribution in [-0.2, 0) is 9.59 Å². The Kier molecular flexibility index (Phi) is 8.30. The highest BCUT2D eigenvalue weighted by Crippen LogP contribution is 2.22. The second kappa shape index (κ2) is 9.73.